The SMILES string of the molecule is CC1(c2cc(Br)c(C=O)c3c2OCO3)CCCN1. The van der Waals surface area contributed by atoms with Crippen molar-refractivity contribution in [3.05, 3.63) is 21.7 Å². The van der Waals surface area contributed by atoms with Crippen LogP contribution in [-0.4, -0.2) is 19.6 Å². The van der Waals surface area contributed by atoms with Gasteiger partial charge in [0.1, 0.15) is 0 Å². The summed E-state index contributed by atoms with van der Waals surface area (Å²) >= 11 is 3.44. The summed E-state index contributed by atoms with van der Waals surface area (Å²) in [6.07, 6.45) is 2.99. The third kappa shape index (κ3) is 1.65. The Morgan fingerprint density at radius 3 is 2.89 bits per heavy atom. The number of hydrogen-bond acceptors (Lipinski definition) is 4. The van der Waals surface area contributed by atoms with Crippen molar-refractivity contribution in [2.75, 3.05) is 13.3 Å². The molecule has 0 amide bonds. The number of aldehydes is 1. The van der Waals surface area contributed by atoms with Gasteiger partial charge in [-0.05, 0) is 48.3 Å². The fourth-order valence-electron chi connectivity index (χ4n) is 2.70. The second-order valence-corrected chi connectivity index (χ2v) is 5.72. The standard InChI is InChI=1S/C13H14BrNO3/c1-13(3-2-4-15-13)9-5-10(14)8(6-16)11-12(9)18-7-17-11/h5-6,15H,2-4,7H2,1H3. The minimum atomic E-state index is -0.109. The van der Waals surface area contributed by atoms with Gasteiger partial charge in [-0.2, -0.15) is 0 Å². The van der Waals surface area contributed by atoms with E-state index in [1.807, 2.05) is 6.07 Å². The maximum Gasteiger partial charge on any atom is 0.231 e. The van der Waals surface area contributed by atoms with Crippen molar-refractivity contribution >= 4 is 22.2 Å². The summed E-state index contributed by atoms with van der Waals surface area (Å²) in [5, 5.41) is 3.50. The van der Waals surface area contributed by atoms with Crippen LogP contribution < -0.4 is 14.8 Å². The Hall–Kier alpha value is -1.07. The Morgan fingerprint density at radius 2 is 2.22 bits per heavy atom. The van der Waals surface area contributed by atoms with Gasteiger partial charge in [0, 0.05) is 15.6 Å². The van der Waals surface area contributed by atoms with Crippen LogP contribution in [0, 0.1) is 0 Å². The molecule has 0 radical (unpaired) electrons. The number of ether oxygens (including phenoxy) is 2. The molecule has 2 aliphatic rings. The zero-order chi connectivity index (χ0) is 12.8. The number of fused-ring (bicyclic) bond motifs is 1. The molecule has 1 N–H and O–H groups in total. The van der Waals surface area contributed by atoms with Crippen molar-refractivity contribution in [1.82, 2.24) is 5.32 Å². The first kappa shape index (κ1) is 12.0. The van der Waals surface area contributed by atoms with Gasteiger partial charge in [0.15, 0.2) is 17.8 Å². The van der Waals surface area contributed by atoms with Crippen LogP contribution in [-0.2, 0) is 5.54 Å². The average Bonchev–Trinajstić information content (AvgIpc) is 2.97. The number of carbonyl (C=O) groups is 1. The van der Waals surface area contributed by atoms with Gasteiger partial charge in [-0.3, -0.25) is 4.79 Å². The lowest BCUT2D eigenvalue weighted by molar-refractivity contribution is 0.111. The van der Waals surface area contributed by atoms with E-state index in [1.54, 1.807) is 0 Å². The van der Waals surface area contributed by atoms with E-state index in [9.17, 15) is 4.79 Å². The van der Waals surface area contributed by atoms with Crippen LogP contribution in [0.25, 0.3) is 0 Å². The fraction of sp³-hybridized carbons (Fsp3) is 0.462. The molecule has 1 saturated heterocycles. The second kappa shape index (κ2) is 4.24. The summed E-state index contributed by atoms with van der Waals surface area (Å²) in [6, 6.07) is 1.97. The molecule has 2 aliphatic heterocycles. The molecule has 5 heteroatoms. The first-order chi connectivity index (χ1) is 8.65. The highest BCUT2D eigenvalue weighted by Crippen LogP contribution is 2.47. The average molecular weight is 312 g/mol. The minimum Gasteiger partial charge on any atom is -0.453 e. The van der Waals surface area contributed by atoms with E-state index in [4.69, 9.17) is 9.47 Å². The second-order valence-electron chi connectivity index (χ2n) is 4.86. The molecule has 3 rings (SSSR count). The van der Waals surface area contributed by atoms with E-state index in [-0.39, 0.29) is 12.3 Å². The Kier molecular flexibility index (Phi) is 2.83. The quantitative estimate of drug-likeness (QED) is 0.853. The van der Waals surface area contributed by atoms with Crippen molar-refractivity contribution in [2.24, 2.45) is 0 Å². The van der Waals surface area contributed by atoms with Gasteiger partial charge in [0.25, 0.3) is 0 Å². The molecule has 1 unspecified atom stereocenters. The predicted octanol–water partition coefficient (Wildman–Crippen LogP) is 2.59. The molecule has 0 spiro atoms. The van der Waals surface area contributed by atoms with Gasteiger partial charge in [-0.1, -0.05) is 0 Å². The van der Waals surface area contributed by atoms with E-state index in [1.165, 1.54) is 0 Å². The first-order valence-electron chi connectivity index (χ1n) is 5.98. The highest BCUT2D eigenvalue weighted by atomic mass is 79.9. The smallest absolute Gasteiger partial charge is 0.231 e. The highest BCUT2D eigenvalue weighted by molar-refractivity contribution is 9.10. The summed E-state index contributed by atoms with van der Waals surface area (Å²) in [4.78, 5) is 11.1. The summed E-state index contributed by atoms with van der Waals surface area (Å²) in [7, 11) is 0. The van der Waals surface area contributed by atoms with Crippen LogP contribution in [0.1, 0.15) is 35.7 Å². The lowest BCUT2D eigenvalue weighted by atomic mass is 9.88. The predicted molar refractivity (Wildman–Crippen MR) is 70.2 cm³/mol. The lowest BCUT2D eigenvalue weighted by Crippen LogP contribution is -2.33. The Balaban J connectivity index is 2.19. The molecular formula is C13H14BrNO3. The van der Waals surface area contributed by atoms with Gasteiger partial charge in [0.2, 0.25) is 6.79 Å². The third-order valence-corrected chi connectivity index (χ3v) is 4.37. The molecule has 18 heavy (non-hydrogen) atoms. The van der Waals surface area contributed by atoms with Crippen molar-refractivity contribution < 1.29 is 14.3 Å². The van der Waals surface area contributed by atoms with E-state index in [0.29, 0.717) is 17.1 Å². The van der Waals surface area contributed by atoms with E-state index in [0.717, 1.165) is 35.7 Å². The number of hydrogen-bond donors (Lipinski definition) is 1. The van der Waals surface area contributed by atoms with Crippen molar-refractivity contribution in [1.29, 1.82) is 0 Å². The Morgan fingerprint density at radius 1 is 1.44 bits per heavy atom. The molecule has 4 nitrogen and oxygen atoms in total. The molecule has 2 heterocycles. The van der Waals surface area contributed by atoms with Crippen LogP contribution in [0.15, 0.2) is 10.5 Å². The van der Waals surface area contributed by atoms with E-state index in [2.05, 4.69) is 28.2 Å². The van der Waals surface area contributed by atoms with Gasteiger partial charge in [-0.15, -0.1) is 0 Å². The first-order valence-corrected chi connectivity index (χ1v) is 6.78. The van der Waals surface area contributed by atoms with E-state index < -0.39 is 0 Å². The van der Waals surface area contributed by atoms with Gasteiger partial charge in [-0.25, -0.2) is 0 Å². The molecule has 0 aliphatic carbocycles. The fourth-order valence-corrected chi connectivity index (χ4v) is 3.20. The van der Waals surface area contributed by atoms with E-state index >= 15 is 0 Å². The lowest BCUT2D eigenvalue weighted by Gasteiger charge is -2.26. The van der Waals surface area contributed by atoms with Crippen LogP contribution in [0.2, 0.25) is 0 Å². The number of nitrogens with one attached hydrogen (secondary N) is 1. The van der Waals surface area contributed by atoms with Crippen molar-refractivity contribution in [3.63, 3.8) is 0 Å². The summed E-state index contributed by atoms with van der Waals surface area (Å²) in [5.74, 6) is 1.27. The molecule has 0 saturated carbocycles. The monoisotopic (exact) mass is 311 g/mol. The number of rotatable bonds is 2. The highest BCUT2D eigenvalue weighted by Gasteiger charge is 2.37. The molecule has 0 bridgehead atoms. The topological polar surface area (TPSA) is 47.6 Å². The Bertz CT molecular complexity index is 509. The number of halogens is 1. The molecule has 0 aromatic heterocycles. The molecule has 1 atom stereocenters. The summed E-state index contributed by atoms with van der Waals surface area (Å²) < 4.78 is 11.8. The normalized spacial score (nSPS) is 25.4. The molecule has 1 aromatic rings. The van der Waals surface area contributed by atoms with Gasteiger partial charge in [0.05, 0.1) is 5.56 Å². The van der Waals surface area contributed by atoms with Crippen molar-refractivity contribution in [3.8, 4) is 11.5 Å². The van der Waals surface area contributed by atoms with Gasteiger partial charge < -0.3 is 14.8 Å². The third-order valence-electron chi connectivity index (χ3n) is 3.71. The molecule has 1 aromatic carbocycles. The molecular weight excluding hydrogens is 298 g/mol. The maximum absolute atomic E-state index is 11.1. The zero-order valence-electron chi connectivity index (χ0n) is 10.1. The van der Waals surface area contributed by atoms with Crippen LogP contribution in [0.5, 0.6) is 11.5 Å². The minimum absolute atomic E-state index is 0.109. The Labute approximate surface area is 114 Å². The number of carbonyl (C=O) groups excluding carboxylic acids is 1. The zero-order valence-corrected chi connectivity index (χ0v) is 11.7. The number of benzene rings is 1. The van der Waals surface area contributed by atoms with Gasteiger partial charge >= 0.3 is 0 Å². The maximum atomic E-state index is 11.1. The molecule has 1 fully saturated rings. The van der Waals surface area contributed by atoms with Crippen LogP contribution in [0.3, 0.4) is 0 Å². The van der Waals surface area contributed by atoms with Crippen LogP contribution in [0.4, 0.5) is 0 Å². The summed E-state index contributed by atoms with van der Waals surface area (Å²) in [5.41, 5.74) is 1.47. The van der Waals surface area contributed by atoms with Crippen molar-refractivity contribution in [2.45, 2.75) is 25.3 Å². The largest absolute Gasteiger partial charge is 0.453 e. The summed E-state index contributed by atoms with van der Waals surface area (Å²) in [6.45, 7) is 3.33. The van der Waals surface area contributed by atoms with Crippen LogP contribution >= 0.6 is 15.9 Å². The molecule has 96 valence electrons.